The van der Waals surface area contributed by atoms with Crippen molar-refractivity contribution in [3.63, 3.8) is 0 Å². The van der Waals surface area contributed by atoms with Crippen LogP contribution in [0.5, 0.6) is 5.75 Å². The summed E-state index contributed by atoms with van der Waals surface area (Å²) in [6, 6.07) is 3.36. The summed E-state index contributed by atoms with van der Waals surface area (Å²) < 4.78 is 61.3. The van der Waals surface area contributed by atoms with Crippen LogP contribution in [0, 0.1) is 6.92 Å². The van der Waals surface area contributed by atoms with Crippen LogP contribution in [-0.4, -0.2) is 20.2 Å². The predicted molar refractivity (Wildman–Crippen MR) is 52.2 cm³/mol. The van der Waals surface area contributed by atoms with E-state index in [2.05, 4.69) is 4.18 Å². The predicted octanol–water partition coefficient (Wildman–Crippen LogP) is 2.04. The Morgan fingerprint density at radius 1 is 1.24 bits per heavy atom. The number of hydrogen-bond donors (Lipinski definition) is 0. The Morgan fingerprint density at radius 2 is 1.82 bits per heavy atom. The average Bonchev–Trinajstić information content (AvgIpc) is 2.14. The number of alkyl halides is 3. The molecular formula is C9H7F3O4S. The van der Waals surface area contributed by atoms with Gasteiger partial charge in [0.25, 0.3) is 0 Å². The van der Waals surface area contributed by atoms with Crippen LogP contribution in [0.4, 0.5) is 13.2 Å². The normalized spacial score (nSPS) is 12.2. The highest BCUT2D eigenvalue weighted by molar-refractivity contribution is 7.87. The van der Waals surface area contributed by atoms with E-state index >= 15 is 0 Å². The lowest BCUT2D eigenvalue weighted by molar-refractivity contribution is -0.0500. The molecule has 0 bridgehead atoms. The number of aryl methyl sites for hydroxylation is 1. The molecule has 0 spiro atoms. The first kappa shape index (κ1) is 13.5. The molecule has 0 unspecified atom stereocenters. The minimum atomic E-state index is -5.71. The zero-order valence-electron chi connectivity index (χ0n) is 8.48. The fraction of sp³-hybridized carbons (Fsp3) is 0.222. The number of carbonyl (C=O) groups excluding carboxylic acids is 1. The Balaban J connectivity index is 3.12. The maximum absolute atomic E-state index is 12.0. The first-order valence-electron chi connectivity index (χ1n) is 4.23. The molecule has 1 aromatic rings. The van der Waals surface area contributed by atoms with Crippen LogP contribution in [0.25, 0.3) is 0 Å². The Kier molecular flexibility index (Phi) is 3.46. The maximum atomic E-state index is 12.0. The van der Waals surface area contributed by atoms with Gasteiger partial charge >= 0.3 is 15.6 Å². The van der Waals surface area contributed by atoms with Crippen LogP contribution in [-0.2, 0) is 10.1 Å². The van der Waals surface area contributed by atoms with Gasteiger partial charge in [0.1, 0.15) is 12.0 Å². The SMILES string of the molecule is Cc1cc(C=O)cc(OS(=O)(=O)C(F)(F)F)c1. The summed E-state index contributed by atoms with van der Waals surface area (Å²) in [6.07, 6.45) is 0.375. The van der Waals surface area contributed by atoms with Gasteiger partial charge in [0.05, 0.1) is 0 Å². The maximum Gasteiger partial charge on any atom is 0.534 e. The zero-order valence-corrected chi connectivity index (χ0v) is 9.30. The van der Waals surface area contributed by atoms with Crippen molar-refractivity contribution in [2.24, 2.45) is 0 Å². The number of benzene rings is 1. The summed E-state index contributed by atoms with van der Waals surface area (Å²) in [5, 5.41) is 0. The minimum Gasteiger partial charge on any atom is -0.376 e. The molecule has 17 heavy (non-hydrogen) atoms. The second kappa shape index (κ2) is 4.36. The first-order chi connectivity index (χ1) is 7.65. The van der Waals surface area contributed by atoms with Crippen LogP contribution >= 0.6 is 0 Å². The van der Waals surface area contributed by atoms with Gasteiger partial charge in [-0.05, 0) is 30.7 Å². The van der Waals surface area contributed by atoms with Crippen molar-refractivity contribution in [3.8, 4) is 5.75 Å². The van der Waals surface area contributed by atoms with Gasteiger partial charge in [0.2, 0.25) is 0 Å². The van der Waals surface area contributed by atoms with Gasteiger partial charge in [-0.2, -0.15) is 21.6 Å². The molecule has 0 amide bonds. The van der Waals surface area contributed by atoms with E-state index in [0.29, 0.717) is 11.8 Å². The van der Waals surface area contributed by atoms with Gasteiger partial charge < -0.3 is 4.18 Å². The topological polar surface area (TPSA) is 60.4 Å². The summed E-state index contributed by atoms with van der Waals surface area (Å²) in [7, 11) is -5.71. The Hall–Kier alpha value is -1.57. The molecule has 0 atom stereocenters. The monoisotopic (exact) mass is 268 g/mol. The molecule has 0 aliphatic carbocycles. The molecule has 1 rings (SSSR count). The smallest absolute Gasteiger partial charge is 0.376 e. The summed E-state index contributed by atoms with van der Waals surface area (Å²) in [6.45, 7) is 1.49. The molecule has 4 nitrogen and oxygen atoms in total. The van der Waals surface area contributed by atoms with Crippen LogP contribution in [0.1, 0.15) is 15.9 Å². The molecule has 0 aromatic heterocycles. The van der Waals surface area contributed by atoms with Crippen molar-refractivity contribution >= 4 is 16.4 Å². The molecule has 0 fully saturated rings. The number of hydrogen-bond acceptors (Lipinski definition) is 4. The van der Waals surface area contributed by atoms with E-state index in [1.54, 1.807) is 0 Å². The fourth-order valence-electron chi connectivity index (χ4n) is 1.07. The molecule has 0 saturated heterocycles. The highest BCUT2D eigenvalue weighted by atomic mass is 32.2. The van der Waals surface area contributed by atoms with E-state index < -0.39 is 21.4 Å². The van der Waals surface area contributed by atoms with Gasteiger partial charge in [-0.15, -0.1) is 0 Å². The van der Waals surface area contributed by atoms with Gasteiger partial charge in [-0.25, -0.2) is 0 Å². The van der Waals surface area contributed by atoms with Gasteiger partial charge in [0.15, 0.2) is 0 Å². The fourth-order valence-corrected chi connectivity index (χ4v) is 1.51. The van der Waals surface area contributed by atoms with E-state index in [1.807, 2.05) is 0 Å². The van der Waals surface area contributed by atoms with Crippen molar-refractivity contribution in [2.75, 3.05) is 0 Å². The summed E-state index contributed by atoms with van der Waals surface area (Å²) >= 11 is 0. The second-order valence-electron chi connectivity index (χ2n) is 3.18. The lowest BCUT2D eigenvalue weighted by atomic mass is 10.1. The van der Waals surface area contributed by atoms with Crippen LogP contribution in [0.2, 0.25) is 0 Å². The third-order valence-electron chi connectivity index (χ3n) is 1.70. The van der Waals surface area contributed by atoms with Gasteiger partial charge in [0, 0.05) is 5.56 Å². The van der Waals surface area contributed by atoms with E-state index in [0.717, 1.165) is 12.1 Å². The Labute approximate surface area is 95.1 Å². The number of rotatable bonds is 3. The molecule has 0 N–H and O–H groups in total. The third kappa shape index (κ3) is 3.19. The van der Waals surface area contributed by atoms with Crippen molar-refractivity contribution in [1.82, 2.24) is 0 Å². The molecule has 0 radical (unpaired) electrons. The van der Waals surface area contributed by atoms with Crippen LogP contribution < -0.4 is 4.18 Å². The molecule has 1 aromatic carbocycles. The molecule has 94 valence electrons. The van der Waals surface area contributed by atoms with Crippen molar-refractivity contribution in [3.05, 3.63) is 29.3 Å². The summed E-state index contributed by atoms with van der Waals surface area (Å²) in [5.74, 6) is -0.551. The Morgan fingerprint density at radius 3 is 2.29 bits per heavy atom. The number of aldehydes is 1. The molecule has 0 aliphatic heterocycles. The summed E-state index contributed by atoms with van der Waals surface area (Å²) in [4.78, 5) is 10.4. The minimum absolute atomic E-state index is 0.0253. The quantitative estimate of drug-likeness (QED) is 0.478. The van der Waals surface area contributed by atoms with E-state index in [4.69, 9.17) is 0 Å². The molecule has 0 heterocycles. The van der Waals surface area contributed by atoms with E-state index in [-0.39, 0.29) is 5.56 Å². The highest BCUT2D eigenvalue weighted by Crippen LogP contribution is 2.27. The van der Waals surface area contributed by atoms with E-state index in [1.165, 1.54) is 13.0 Å². The lowest BCUT2D eigenvalue weighted by Crippen LogP contribution is -2.28. The average molecular weight is 268 g/mol. The first-order valence-corrected chi connectivity index (χ1v) is 5.64. The van der Waals surface area contributed by atoms with Crippen molar-refractivity contribution < 1.29 is 30.6 Å². The van der Waals surface area contributed by atoms with E-state index in [9.17, 15) is 26.4 Å². The van der Waals surface area contributed by atoms with Crippen LogP contribution in [0.15, 0.2) is 18.2 Å². The lowest BCUT2D eigenvalue weighted by Gasteiger charge is -2.10. The highest BCUT2D eigenvalue weighted by Gasteiger charge is 2.48. The second-order valence-corrected chi connectivity index (χ2v) is 4.72. The van der Waals surface area contributed by atoms with Gasteiger partial charge in [-0.3, -0.25) is 4.79 Å². The molecule has 0 aliphatic rings. The molecule has 8 heteroatoms. The summed E-state index contributed by atoms with van der Waals surface area (Å²) in [5.41, 5.74) is -5.07. The molecular weight excluding hydrogens is 261 g/mol. The number of halogens is 3. The standard InChI is InChI=1S/C9H7F3O4S/c1-6-2-7(5-13)4-8(3-6)16-17(14,15)9(10,11)12/h2-5H,1H3. The van der Waals surface area contributed by atoms with Gasteiger partial charge in [-0.1, -0.05) is 0 Å². The zero-order chi connectivity index (χ0) is 13.3. The third-order valence-corrected chi connectivity index (χ3v) is 2.68. The van der Waals surface area contributed by atoms with Crippen molar-refractivity contribution in [2.45, 2.75) is 12.4 Å². The molecule has 0 saturated carbocycles. The van der Waals surface area contributed by atoms with Crippen LogP contribution in [0.3, 0.4) is 0 Å². The Bertz CT molecular complexity index is 534. The van der Waals surface area contributed by atoms with Crippen molar-refractivity contribution in [1.29, 1.82) is 0 Å². The largest absolute Gasteiger partial charge is 0.534 e. The number of carbonyl (C=O) groups is 1.